The molecule has 3 aromatic heterocycles. The Kier molecular flexibility index (Phi) is 12.8. The monoisotopic (exact) mass is 740 g/mol. The molecule has 3 aliphatic rings. The van der Waals surface area contributed by atoms with Crippen LogP contribution in [0.2, 0.25) is 0 Å². The molecule has 0 N–H and O–H groups in total. The fraction of sp³-hybridized carbons (Fsp3) is 0.477. The van der Waals surface area contributed by atoms with Crippen molar-refractivity contribution in [3.63, 3.8) is 0 Å². The Labute approximate surface area is 335 Å². The molecule has 9 nitrogen and oxygen atoms in total. The van der Waals surface area contributed by atoms with Crippen molar-refractivity contribution in [1.29, 1.82) is 0 Å². The van der Waals surface area contributed by atoms with Crippen LogP contribution in [0.1, 0.15) is 128 Å². The number of Topliss-reactive ketones (excluding diaryl/α,β-unsaturated/α-hetero) is 1. The first-order chi connectivity index (χ1) is 25.2. The summed E-state index contributed by atoms with van der Waals surface area (Å²) in [5, 5.41) is 6.82. The van der Waals surface area contributed by atoms with E-state index in [1.54, 1.807) is 0 Å². The number of aromatic nitrogens is 3. The zero-order valence-electron chi connectivity index (χ0n) is 33.6. The van der Waals surface area contributed by atoms with Gasteiger partial charge in [-0.25, -0.2) is 0 Å². The van der Waals surface area contributed by atoms with Crippen LogP contribution in [0.25, 0.3) is 29.1 Å². The third-order valence-electron chi connectivity index (χ3n) is 11.5. The van der Waals surface area contributed by atoms with Crippen molar-refractivity contribution in [2.24, 2.45) is 23.7 Å². The topological polar surface area (TPSA) is 126 Å². The summed E-state index contributed by atoms with van der Waals surface area (Å²) in [6.07, 6.45) is 12.6. The third-order valence-corrected chi connectivity index (χ3v) is 11.5. The number of carbonyl (C=O) groups is 3. The summed E-state index contributed by atoms with van der Waals surface area (Å²) in [5.41, 5.74) is 11.2. The van der Waals surface area contributed by atoms with Crippen LogP contribution < -0.4 is 25.7 Å². The summed E-state index contributed by atoms with van der Waals surface area (Å²) in [6, 6.07) is 0. The Morgan fingerprint density at radius 2 is 1.57 bits per heavy atom. The molecule has 0 spiro atoms. The van der Waals surface area contributed by atoms with Crippen LogP contribution in [0, 0.1) is 51.4 Å². The minimum absolute atomic E-state index is 0. The number of hydrogen-bond acceptors (Lipinski definition) is 5. The number of allylic oxidation sites excluding steroid dienone is 3. The molecule has 10 heteroatoms. The van der Waals surface area contributed by atoms with Crippen molar-refractivity contribution in [2.45, 2.75) is 101 Å². The molecule has 1 saturated heterocycles. The van der Waals surface area contributed by atoms with Crippen LogP contribution in [0.5, 0.6) is 0 Å². The maximum Gasteiger partial charge on any atom is 2.00 e. The van der Waals surface area contributed by atoms with E-state index < -0.39 is 11.9 Å². The van der Waals surface area contributed by atoms with Crippen molar-refractivity contribution in [3.05, 3.63) is 95.2 Å². The van der Waals surface area contributed by atoms with Crippen LogP contribution in [-0.2, 0) is 25.5 Å². The predicted molar refractivity (Wildman–Crippen MR) is 213 cm³/mol. The van der Waals surface area contributed by atoms with Crippen molar-refractivity contribution in [2.75, 3.05) is 13.7 Å². The Balaban J connectivity index is 0.00000561. The Bertz CT molecular complexity index is 2190. The van der Waals surface area contributed by atoms with Crippen LogP contribution >= 0.6 is 0 Å². The Hall–Kier alpha value is -4.02. The predicted octanol–water partition coefficient (Wildman–Crippen LogP) is 6.42. The van der Waals surface area contributed by atoms with E-state index in [4.69, 9.17) is 29.7 Å². The van der Waals surface area contributed by atoms with Crippen LogP contribution in [0.3, 0.4) is 0 Å². The van der Waals surface area contributed by atoms with Gasteiger partial charge in [0.15, 0.2) is 5.78 Å². The van der Waals surface area contributed by atoms with E-state index in [1.807, 2.05) is 32.1 Å². The van der Waals surface area contributed by atoms with E-state index in [2.05, 4.69) is 54.5 Å². The van der Waals surface area contributed by atoms with Gasteiger partial charge in [-0.1, -0.05) is 91.3 Å². The molecule has 54 heavy (non-hydrogen) atoms. The summed E-state index contributed by atoms with van der Waals surface area (Å²) in [6.45, 7) is 19.0. The van der Waals surface area contributed by atoms with Gasteiger partial charge in [0, 0.05) is 12.0 Å². The fourth-order valence-electron chi connectivity index (χ4n) is 8.01. The second-order valence-corrected chi connectivity index (χ2v) is 15.4. The summed E-state index contributed by atoms with van der Waals surface area (Å²) in [7, 11) is 1.29. The number of carbonyl (C=O) groups excluding carboxylic acids is 3. The second-order valence-electron chi connectivity index (χ2n) is 15.4. The molecule has 1 aliphatic carbocycles. The average molecular weight is 741 g/mol. The first kappa shape index (κ1) is 41.1. The number of ketones is 1. The molecule has 282 valence electrons. The van der Waals surface area contributed by atoms with Gasteiger partial charge in [0.1, 0.15) is 12.5 Å². The van der Waals surface area contributed by atoms with Gasteiger partial charge in [-0.15, -0.1) is 33.5 Å². The molecule has 2 aliphatic heterocycles. The van der Waals surface area contributed by atoms with E-state index in [0.29, 0.717) is 46.1 Å². The number of nitrogens with zero attached hydrogens (tertiary/aromatic N) is 4. The minimum atomic E-state index is -1.20. The van der Waals surface area contributed by atoms with E-state index in [-0.39, 0.29) is 59.7 Å². The molecule has 0 amide bonds. The zero-order chi connectivity index (χ0) is 38.3. The van der Waals surface area contributed by atoms with Gasteiger partial charge in [0.05, 0.1) is 7.11 Å². The number of esters is 2. The Morgan fingerprint density at radius 3 is 2.22 bits per heavy atom. The van der Waals surface area contributed by atoms with Crippen LogP contribution in [-0.4, -0.2) is 54.5 Å². The van der Waals surface area contributed by atoms with Gasteiger partial charge in [-0.05, 0) is 84.1 Å². The van der Waals surface area contributed by atoms with E-state index in [1.165, 1.54) is 19.1 Å². The second kappa shape index (κ2) is 16.8. The number of ether oxygens (including phenoxy) is 2. The molecule has 3 aromatic rings. The smallest absolute Gasteiger partial charge is 0.664 e. The Morgan fingerprint density at radius 1 is 0.907 bits per heavy atom. The van der Waals surface area contributed by atoms with Gasteiger partial charge in [0.2, 0.25) is 0 Å². The molecule has 0 unspecified atom stereocenters. The maximum absolute atomic E-state index is 14.2. The van der Waals surface area contributed by atoms with Crippen molar-refractivity contribution >= 4 is 64.6 Å². The number of rotatable bonds is 11. The summed E-state index contributed by atoms with van der Waals surface area (Å²) in [5.74, 6) is -2.29. The van der Waals surface area contributed by atoms with Gasteiger partial charge in [0.25, 0.3) is 0 Å². The number of methoxy groups -OCH3 is 1. The van der Waals surface area contributed by atoms with Crippen molar-refractivity contribution in [3.8, 4) is 0 Å². The molecular formula is C44H52MgN4O5-2. The molecule has 8 bridgehead atoms. The molecule has 5 heterocycles. The van der Waals surface area contributed by atoms with E-state index in [9.17, 15) is 14.4 Å². The third kappa shape index (κ3) is 7.74. The molecule has 3 atom stereocenters. The van der Waals surface area contributed by atoms with Gasteiger partial charge >= 0.3 is 35.0 Å². The van der Waals surface area contributed by atoms with Crippen molar-refractivity contribution < 1.29 is 23.9 Å². The molecule has 0 aromatic carbocycles. The molecule has 0 saturated carbocycles. The van der Waals surface area contributed by atoms with E-state index in [0.717, 1.165) is 69.3 Å². The summed E-state index contributed by atoms with van der Waals surface area (Å²) in [4.78, 5) is 56.0. The largest absolute Gasteiger partial charge is 2.00 e. The first-order valence-electron chi connectivity index (χ1n) is 19.0. The van der Waals surface area contributed by atoms with Gasteiger partial charge < -0.3 is 29.7 Å². The van der Waals surface area contributed by atoms with Gasteiger partial charge in [-0.3, -0.25) is 14.4 Å². The number of hydrogen-bond donors (Lipinski definition) is 0. The normalized spacial score (nSPS) is 22.5. The molecule has 6 rings (SSSR count). The standard InChI is InChI=1S/C44H53N4O5.Mg/c1-11-29-26(7)33-20-34-27(8)30(15-16-37(49)53-18-17-23(4)14-12-13-22(2)3)41(47-34)39-40(44(51)52-10)43(50)38-28(9)35(48-42(38)39)19-31-24(5)25(6)32(45-31)21-36(29)46-33;/h17,19-22,27,30,40H,11-16,18H2,1-10H3,(H-,47,48,50);/q-3;+2/p-1/b23-17+,31-19-,32-21-,34-20-;/t27-,30-,40+;/m0./s1. The maximum atomic E-state index is 14.2. The van der Waals surface area contributed by atoms with Crippen LogP contribution in [0.4, 0.5) is 0 Å². The molecular weight excluding hydrogens is 689 g/mol. The quantitative estimate of drug-likeness (QED) is 0.0955. The molecule has 1 fully saturated rings. The van der Waals surface area contributed by atoms with Crippen molar-refractivity contribution in [1.82, 2.24) is 15.0 Å². The average Bonchev–Trinajstić information content (AvgIpc) is 3.85. The summed E-state index contributed by atoms with van der Waals surface area (Å²) >= 11 is 0. The first-order valence-corrected chi connectivity index (χ1v) is 19.0. The number of fused-ring (bicyclic) bond motifs is 7. The van der Waals surface area contributed by atoms with Crippen LogP contribution in [0.15, 0.2) is 23.0 Å². The minimum Gasteiger partial charge on any atom is -0.664 e. The van der Waals surface area contributed by atoms with E-state index >= 15 is 0 Å². The fourth-order valence-corrected chi connectivity index (χ4v) is 8.01. The summed E-state index contributed by atoms with van der Waals surface area (Å²) < 4.78 is 10.9. The molecule has 0 radical (unpaired) electrons. The SMILES string of the molecule is CCc1c2[n-]c(c1C)/C=C1\[N-]/C(=C3\c4[n-]c(c(C)c4C(=O)[C@@H]3C(=O)OC)/C=c3\[n-]/c(c(C)c3C)=C\2)[C@@H](CCC(=O)OC/C=C(\C)CCCC(C)C)[C@@H]1C.[Mg+2]. The zero-order valence-corrected chi connectivity index (χ0v) is 35.0. The van der Waals surface area contributed by atoms with Gasteiger partial charge in [-0.2, -0.15) is 11.4 Å².